The smallest absolute Gasteiger partial charge is 0.350 e. The zero-order chi connectivity index (χ0) is 30.9. The first-order chi connectivity index (χ1) is 20.5. The van der Waals surface area contributed by atoms with Gasteiger partial charge in [-0.15, -0.1) is 11.5 Å². The molecule has 0 spiro atoms. The van der Waals surface area contributed by atoms with Crippen molar-refractivity contribution >= 4 is 50.4 Å². The fraction of sp³-hybridized carbons (Fsp3) is 0.310. The van der Waals surface area contributed by atoms with Crippen LogP contribution in [0.2, 0.25) is 15.1 Å². The number of carbonyl (C=O) groups is 1. The lowest BCUT2D eigenvalue weighted by Crippen LogP contribution is -2.26. The summed E-state index contributed by atoms with van der Waals surface area (Å²) < 4.78 is 37.2. The molecule has 2 aromatic carbocycles. The second-order valence-corrected chi connectivity index (χ2v) is 13.3. The molecular formula is C29H25Cl3N4O6S. The lowest BCUT2D eigenvalue weighted by atomic mass is 10.0. The molecule has 10 nitrogen and oxygen atoms in total. The Morgan fingerprint density at radius 1 is 1.14 bits per heavy atom. The van der Waals surface area contributed by atoms with Crippen LogP contribution in [0.1, 0.15) is 59.1 Å². The maximum atomic E-state index is 12.6. The topological polar surface area (TPSA) is 126 Å². The van der Waals surface area contributed by atoms with Gasteiger partial charge in [0.2, 0.25) is 0 Å². The highest BCUT2D eigenvalue weighted by atomic mass is 35.5. The number of halogens is 3. The van der Waals surface area contributed by atoms with Crippen LogP contribution in [-0.4, -0.2) is 46.6 Å². The summed E-state index contributed by atoms with van der Waals surface area (Å²) in [6.07, 6.45) is 12.3. The van der Waals surface area contributed by atoms with Crippen molar-refractivity contribution in [2.45, 2.75) is 49.5 Å². The van der Waals surface area contributed by atoms with Gasteiger partial charge < -0.3 is 9.26 Å². The summed E-state index contributed by atoms with van der Waals surface area (Å²) in [5.41, 5.74) is 0.642. The summed E-state index contributed by atoms with van der Waals surface area (Å²) in [5, 5.41) is 8.97. The van der Waals surface area contributed by atoms with Crippen molar-refractivity contribution < 1.29 is 22.5 Å². The van der Waals surface area contributed by atoms with Crippen molar-refractivity contribution in [3.05, 3.63) is 84.8 Å². The average Bonchev–Trinajstić information content (AvgIpc) is 3.60. The van der Waals surface area contributed by atoms with Crippen molar-refractivity contribution in [1.29, 1.82) is 0 Å². The molecular weight excluding hydrogens is 639 g/mol. The largest absolute Gasteiger partial charge is 0.479 e. The van der Waals surface area contributed by atoms with Gasteiger partial charge in [-0.05, 0) is 49.9 Å². The van der Waals surface area contributed by atoms with Crippen LogP contribution in [0.3, 0.4) is 0 Å². The Labute approximate surface area is 262 Å². The van der Waals surface area contributed by atoms with Gasteiger partial charge in [-0.2, -0.15) is 4.68 Å². The fourth-order valence-corrected chi connectivity index (χ4v) is 6.32. The Kier molecular flexibility index (Phi) is 9.04. The van der Waals surface area contributed by atoms with Gasteiger partial charge in [0, 0.05) is 41.8 Å². The van der Waals surface area contributed by atoms with Crippen molar-refractivity contribution in [2.75, 3.05) is 12.9 Å². The molecule has 6 rings (SSSR count). The fourth-order valence-electron chi connectivity index (χ4n) is 4.66. The van der Waals surface area contributed by atoms with Gasteiger partial charge in [-0.25, -0.2) is 13.2 Å². The predicted molar refractivity (Wildman–Crippen MR) is 162 cm³/mol. The van der Waals surface area contributed by atoms with Crippen LogP contribution in [0.5, 0.6) is 5.75 Å². The number of aromatic nitrogens is 4. The minimum Gasteiger partial charge on any atom is -0.479 e. The number of ketones is 1. The van der Waals surface area contributed by atoms with Gasteiger partial charge in [0.1, 0.15) is 18.2 Å². The molecule has 0 bridgehead atoms. The summed E-state index contributed by atoms with van der Waals surface area (Å²) in [7, 11) is -3.57. The summed E-state index contributed by atoms with van der Waals surface area (Å²) in [6.45, 7) is 0.759. The summed E-state index contributed by atoms with van der Waals surface area (Å²) >= 11 is 18.1. The Hall–Kier alpha value is -3.56. The van der Waals surface area contributed by atoms with E-state index in [4.69, 9.17) is 50.5 Å². The number of sulfone groups is 1. The number of hydrogen-bond acceptors (Lipinski definition) is 8. The Morgan fingerprint density at radius 2 is 1.91 bits per heavy atom. The van der Waals surface area contributed by atoms with Crippen LogP contribution in [0.4, 0.5) is 0 Å². The van der Waals surface area contributed by atoms with Gasteiger partial charge in [-0.1, -0.05) is 45.9 Å². The zero-order valence-corrected chi connectivity index (χ0v) is 25.9. The molecule has 0 saturated heterocycles. The number of fused-ring (bicyclic) bond motifs is 1. The second-order valence-electron chi connectivity index (χ2n) is 10.1. The van der Waals surface area contributed by atoms with E-state index in [-0.39, 0.29) is 33.7 Å². The molecule has 4 aromatic rings. The first-order valence-electron chi connectivity index (χ1n) is 13.2. The molecule has 1 saturated carbocycles. The zero-order valence-electron chi connectivity index (χ0n) is 22.8. The highest BCUT2D eigenvalue weighted by Crippen LogP contribution is 2.42. The van der Waals surface area contributed by atoms with Crippen LogP contribution in [-0.2, 0) is 22.8 Å². The molecule has 2 aromatic heterocycles. The number of benzene rings is 2. The van der Waals surface area contributed by atoms with Crippen molar-refractivity contribution in [3.63, 3.8) is 0 Å². The average molecular weight is 664 g/mol. The van der Waals surface area contributed by atoms with Crippen LogP contribution in [0, 0.1) is 12.3 Å². The SMILES string of the molecule is C#CCOc1cc(-n2nc3n(c2=O)CCCC3)c(Cl)cc1Cl.CS(=O)(=O)c1cc(Cl)ccc1C(=O)c1cnoc1C1CC1. The first kappa shape index (κ1) is 30.9. The molecule has 224 valence electrons. The minimum atomic E-state index is -3.57. The van der Waals surface area contributed by atoms with E-state index in [9.17, 15) is 18.0 Å². The number of ether oxygens (including phenoxy) is 1. The number of nitrogens with zero attached hydrogens (tertiary/aromatic N) is 4. The number of aryl methyl sites for hydroxylation is 1. The van der Waals surface area contributed by atoms with Gasteiger partial charge in [-0.3, -0.25) is 9.36 Å². The summed E-state index contributed by atoms with van der Waals surface area (Å²) in [6, 6.07) is 7.31. The quantitative estimate of drug-likeness (QED) is 0.187. The van der Waals surface area contributed by atoms with Gasteiger partial charge in [0.05, 0.1) is 32.4 Å². The highest BCUT2D eigenvalue weighted by molar-refractivity contribution is 7.90. The van der Waals surface area contributed by atoms with Crippen LogP contribution in [0.25, 0.3) is 5.69 Å². The third-order valence-electron chi connectivity index (χ3n) is 6.89. The predicted octanol–water partition coefficient (Wildman–Crippen LogP) is 5.53. The summed E-state index contributed by atoms with van der Waals surface area (Å²) in [5.74, 6) is 3.85. The van der Waals surface area contributed by atoms with Crippen molar-refractivity contribution in [2.24, 2.45) is 0 Å². The maximum Gasteiger partial charge on any atom is 0.350 e. The third kappa shape index (κ3) is 6.68. The Morgan fingerprint density at radius 3 is 2.58 bits per heavy atom. The normalized spacial score (nSPS) is 14.3. The van der Waals surface area contributed by atoms with Crippen LogP contribution in [0.15, 0.2) is 50.7 Å². The van der Waals surface area contributed by atoms with Gasteiger partial charge >= 0.3 is 5.69 Å². The molecule has 2 aliphatic rings. The molecule has 43 heavy (non-hydrogen) atoms. The number of terminal acetylenes is 1. The van der Waals surface area contributed by atoms with E-state index in [2.05, 4.69) is 16.2 Å². The molecule has 0 unspecified atom stereocenters. The van der Waals surface area contributed by atoms with E-state index in [1.165, 1.54) is 35.1 Å². The van der Waals surface area contributed by atoms with E-state index in [1.54, 1.807) is 10.6 Å². The van der Waals surface area contributed by atoms with Gasteiger partial charge in [0.15, 0.2) is 21.4 Å². The van der Waals surface area contributed by atoms with Crippen molar-refractivity contribution in [1.82, 2.24) is 19.5 Å². The van der Waals surface area contributed by atoms with Gasteiger partial charge in [0.25, 0.3) is 0 Å². The monoisotopic (exact) mass is 662 g/mol. The Balaban J connectivity index is 0.000000171. The number of rotatable bonds is 7. The lowest BCUT2D eigenvalue weighted by molar-refractivity contribution is 0.103. The Bertz CT molecular complexity index is 1920. The molecule has 0 radical (unpaired) electrons. The number of hydrogen-bond donors (Lipinski definition) is 0. The first-order valence-corrected chi connectivity index (χ1v) is 16.3. The highest BCUT2D eigenvalue weighted by Gasteiger charge is 2.34. The molecule has 1 fully saturated rings. The van der Waals surface area contributed by atoms with Crippen LogP contribution < -0.4 is 10.4 Å². The molecule has 0 atom stereocenters. The maximum absolute atomic E-state index is 12.6. The van der Waals surface area contributed by atoms with E-state index < -0.39 is 15.6 Å². The molecule has 14 heteroatoms. The standard InChI is InChI=1S/C15H13Cl2N3O2.C14H12ClNO4S/c1-2-7-22-13-9-12(10(16)8-11(13)17)20-15(21)19-6-4-3-5-14(19)18-20;1-21(18,19)12-6-9(15)4-5-10(12)13(17)11-7-16-20-14(11)8-2-3-8/h1,8-9H,3-7H2;4-8H,2-3H2,1H3. The van der Waals surface area contributed by atoms with Crippen molar-refractivity contribution in [3.8, 4) is 23.8 Å². The number of carbonyl (C=O) groups excluding carboxylic acids is 1. The summed E-state index contributed by atoms with van der Waals surface area (Å²) in [4.78, 5) is 25.0. The molecule has 0 amide bonds. The van der Waals surface area contributed by atoms with E-state index in [1.807, 2.05) is 0 Å². The third-order valence-corrected chi connectivity index (χ3v) is 8.86. The van der Waals surface area contributed by atoms with E-state index in [0.717, 1.165) is 44.2 Å². The van der Waals surface area contributed by atoms with E-state index in [0.29, 0.717) is 39.4 Å². The molecule has 0 N–H and O–H groups in total. The van der Waals surface area contributed by atoms with E-state index >= 15 is 0 Å². The molecule has 1 aliphatic heterocycles. The van der Waals surface area contributed by atoms with Crippen LogP contribution >= 0.6 is 34.8 Å². The molecule has 1 aliphatic carbocycles. The molecule has 3 heterocycles. The lowest BCUT2D eigenvalue weighted by Gasteiger charge is -2.09. The minimum absolute atomic E-state index is 0.0788. The second kappa shape index (κ2) is 12.6.